The number of nitrogens with two attached hydrogens (primary N) is 1. The summed E-state index contributed by atoms with van der Waals surface area (Å²) in [6, 6.07) is 4.57. The van der Waals surface area contributed by atoms with Crippen molar-refractivity contribution < 1.29 is 4.79 Å². The van der Waals surface area contributed by atoms with Crippen molar-refractivity contribution in [2.24, 2.45) is 0 Å². The molecule has 0 fully saturated rings. The molecular formula is C11H7Cl3N4O. The minimum Gasteiger partial charge on any atom is -0.398 e. The Kier molecular flexibility index (Phi) is 4.09. The molecule has 8 heteroatoms. The second-order valence-corrected chi connectivity index (χ2v) is 4.69. The van der Waals surface area contributed by atoms with Crippen LogP contribution in [-0.4, -0.2) is 15.9 Å². The zero-order valence-corrected chi connectivity index (χ0v) is 11.6. The van der Waals surface area contributed by atoms with Crippen molar-refractivity contribution in [2.75, 3.05) is 11.1 Å². The number of nitrogens with one attached hydrogen (secondary N) is 1. The molecule has 1 aromatic carbocycles. The van der Waals surface area contributed by atoms with E-state index in [9.17, 15) is 4.79 Å². The van der Waals surface area contributed by atoms with Gasteiger partial charge in [0.25, 0.3) is 5.91 Å². The van der Waals surface area contributed by atoms with Crippen molar-refractivity contribution in [1.29, 1.82) is 0 Å². The van der Waals surface area contributed by atoms with Crippen LogP contribution in [0.4, 0.5) is 11.5 Å². The summed E-state index contributed by atoms with van der Waals surface area (Å²) in [5, 5.41) is 2.99. The van der Waals surface area contributed by atoms with E-state index < -0.39 is 5.91 Å². The number of amides is 1. The van der Waals surface area contributed by atoms with E-state index >= 15 is 0 Å². The first-order valence-electron chi connectivity index (χ1n) is 5.01. The van der Waals surface area contributed by atoms with Crippen LogP contribution in [0.25, 0.3) is 0 Å². The van der Waals surface area contributed by atoms with Crippen LogP contribution in [0, 0.1) is 0 Å². The van der Waals surface area contributed by atoms with Gasteiger partial charge in [0.2, 0.25) is 0 Å². The molecule has 1 heterocycles. The molecule has 2 aromatic rings. The second-order valence-electron chi connectivity index (χ2n) is 3.51. The predicted octanol–water partition coefficient (Wildman–Crippen LogP) is 3.27. The van der Waals surface area contributed by atoms with E-state index in [4.69, 9.17) is 40.5 Å². The maximum Gasteiger partial charge on any atom is 0.259 e. The first kappa shape index (κ1) is 13.9. The van der Waals surface area contributed by atoms with Crippen molar-refractivity contribution in [3.05, 3.63) is 45.3 Å². The summed E-state index contributed by atoms with van der Waals surface area (Å²) in [5.41, 5.74) is 6.21. The molecule has 3 N–H and O–H groups in total. The molecule has 5 nitrogen and oxygen atoms in total. The van der Waals surface area contributed by atoms with Gasteiger partial charge >= 0.3 is 0 Å². The molecule has 0 aliphatic heterocycles. The van der Waals surface area contributed by atoms with Crippen molar-refractivity contribution in [3.8, 4) is 0 Å². The lowest BCUT2D eigenvalue weighted by Crippen LogP contribution is -2.15. The molecule has 1 amide bonds. The molecule has 19 heavy (non-hydrogen) atoms. The third-order valence-electron chi connectivity index (χ3n) is 2.24. The van der Waals surface area contributed by atoms with Gasteiger partial charge in [-0.1, -0.05) is 34.8 Å². The van der Waals surface area contributed by atoms with Crippen LogP contribution in [0.3, 0.4) is 0 Å². The van der Waals surface area contributed by atoms with E-state index in [0.717, 1.165) is 0 Å². The third-order valence-corrected chi connectivity index (χ3v) is 3.22. The average molecular weight is 318 g/mol. The van der Waals surface area contributed by atoms with Gasteiger partial charge in [-0.15, -0.1) is 0 Å². The van der Waals surface area contributed by atoms with Gasteiger partial charge in [-0.3, -0.25) is 4.79 Å². The number of carbonyl (C=O) groups excluding carboxylic acids is 1. The molecule has 98 valence electrons. The first-order valence-corrected chi connectivity index (χ1v) is 6.15. The van der Waals surface area contributed by atoms with Crippen LogP contribution in [0.15, 0.2) is 24.5 Å². The van der Waals surface area contributed by atoms with Crippen LogP contribution in [0.1, 0.15) is 10.4 Å². The van der Waals surface area contributed by atoms with Crippen LogP contribution in [0.5, 0.6) is 0 Å². The summed E-state index contributed by atoms with van der Waals surface area (Å²) >= 11 is 17.4. The lowest BCUT2D eigenvalue weighted by molar-refractivity contribution is 0.102. The number of rotatable bonds is 2. The normalized spacial score (nSPS) is 10.3. The Morgan fingerprint density at radius 1 is 1.21 bits per heavy atom. The van der Waals surface area contributed by atoms with Crippen molar-refractivity contribution >= 4 is 52.2 Å². The smallest absolute Gasteiger partial charge is 0.259 e. The van der Waals surface area contributed by atoms with Gasteiger partial charge in [-0.2, -0.15) is 0 Å². The number of halogens is 3. The topological polar surface area (TPSA) is 80.9 Å². The number of anilines is 2. The Balaban J connectivity index is 2.31. The highest BCUT2D eigenvalue weighted by Gasteiger charge is 2.14. The molecule has 1 aromatic heterocycles. The van der Waals surface area contributed by atoms with Crippen LogP contribution >= 0.6 is 34.8 Å². The molecule has 0 saturated carbocycles. The Labute approximate surface area is 123 Å². The van der Waals surface area contributed by atoms with E-state index in [1.165, 1.54) is 18.5 Å². The van der Waals surface area contributed by atoms with Gasteiger partial charge in [-0.05, 0) is 18.2 Å². The van der Waals surface area contributed by atoms with Gasteiger partial charge < -0.3 is 11.1 Å². The van der Waals surface area contributed by atoms with Crippen molar-refractivity contribution in [3.63, 3.8) is 0 Å². The Morgan fingerprint density at radius 2 is 1.95 bits per heavy atom. The van der Waals surface area contributed by atoms with Gasteiger partial charge in [0, 0.05) is 10.7 Å². The Bertz CT molecular complexity index is 648. The molecular weight excluding hydrogens is 311 g/mol. The largest absolute Gasteiger partial charge is 0.398 e. The van der Waals surface area contributed by atoms with Gasteiger partial charge in [0.15, 0.2) is 11.0 Å². The molecule has 0 aliphatic rings. The summed E-state index contributed by atoms with van der Waals surface area (Å²) < 4.78 is 0. The molecule has 0 radical (unpaired) electrons. The highest BCUT2D eigenvalue weighted by atomic mass is 35.5. The SMILES string of the molecule is Nc1ccc(Cl)cc1C(=O)Nc1ncnc(Cl)c1Cl. The highest BCUT2D eigenvalue weighted by Crippen LogP contribution is 2.26. The van der Waals surface area contributed by atoms with E-state index in [1.54, 1.807) is 6.07 Å². The fraction of sp³-hybridized carbons (Fsp3) is 0. The monoisotopic (exact) mass is 316 g/mol. The summed E-state index contributed by atoms with van der Waals surface area (Å²) in [7, 11) is 0. The minimum atomic E-state index is -0.489. The van der Waals surface area contributed by atoms with E-state index in [1.807, 2.05) is 0 Å². The van der Waals surface area contributed by atoms with Crippen molar-refractivity contribution in [2.45, 2.75) is 0 Å². The lowest BCUT2D eigenvalue weighted by atomic mass is 10.1. The number of hydrogen-bond donors (Lipinski definition) is 2. The molecule has 0 spiro atoms. The number of carbonyl (C=O) groups is 1. The van der Waals surface area contributed by atoms with Crippen LogP contribution < -0.4 is 11.1 Å². The van der Waals surface area contributed by atoms with Crippen molar-refractivity contribution in [1.82, 2.24) is 9.97 Å². The highest BCUT2D eigenvalue weighted by molar-refractivity contribution is 6.43. The summed E-state index contributed by atoms with van der Waals surface area (Å²) in [4.78, 5) is 19.5. The molecule has 0 atom stereocenters. The number of nitrogen functional groups attached to an aromatic ring is 1. The van der Waals surface area contributed by atoms with E-state index in [2.05, 4.69) is 15.3 Å². The van der Waals surface area contributed by atoms with E-state index in [0.29, 0.717) is 5.02 Å². The quantitative estimate of drug-likeness (QED) is 0.658. The Morgan fingerprint density at radius 3 is 2.68 bits per heavy atom. The van der Waals surface area contributed by atoms with Crippen LogP contribution in [-0.2, 0) is 0 Å². The third kappa shape index (κ3) is 3.07. The maximum atomic E-state index is 12.0. The molecule has 0 bridgehead atoms. The minimum absolute atomic E-state index is 0.0473. The molecule has 0 aliphatic carbocycles. The summed E-state index contributed by atoms with van der Waals surface area (Å²) in [6.07, 6.45) is 1.19. The molecule has 2 rings (SSSR count). The van der Waals surface area contributed by atoms with Gasteiger partial charge in [-0.25, -0.2) is 9.97 Å². The lowest BCUT2D eigenvalue weighted by Gasteiger charge is -2.08. The van der Waals surface area contributed by atoms with Crippen LogP contribution in [0.2, 0.25) is 15.2 Å². The molecule has 0 unspecified atom stereocenters. The predicted molar refractivity (Wildman–Crippen MR) is 75.9 cm³/mol. The standard InChI is InChI=1S/C11H7Cl3N4O/c12-5-1-2-7(15)6(3-5)11(19)18-10-8(13)9(14)16-4-17-10/h1-4H,15H2,(H,16,17,18,19). The molecule has 0 saturated heterocycles. The fourth-order valence-electron chi connectivity index (χ4n) is 1.34. The number of hydrogen-bond acceptors (Lipinski definition) is 4. The zero-order chi connectivity index (χ0) is 14.0. The average Bonchev–Trinajstić information content (AvgIpc) is 2.38. The Hall–Kier alpha value is -1.56. The van der Waals surface area contributed by atoms with Gasteiger partial charge in [0.05, 0.1) is 5.56 Å². The summed E-state index contributed by atoms with van der Waals surface area (Å²) in [5.74, 6) is -0.386. The number of aromatic nitrogens is 2. The maximum absolute atomic E-state index is 12.0. The summed E-state index contributed by atoms with van der Waals surface area (Å²) in [6.45, 7) is 0. The number of benzene rings is 1. The zero-order valence-electron chi connectivity index (χ0n) is 9.32. The van der Waals surface area contributed by atoms with E-state index in [-0.39, 0.29) is 27.2 Å². The van der Waals surface area contributed by atoms with Gasteiger partial charge in [0.1, 0.15) is 11.3 Å². The first-order chi connectivity index (χ1) is 8.99. The number of nitrogens with zero attached hydrogens (tertiary/aromatic N) is 2. The fourth-order valence-corrected chi connectivity index (χ4v) is 1.79. The second kappa shape index (κ2) is 5.61.